The Hall–Kier alpha value is -3.39. The number of benzene rings is 3. The summed E-state index contributed by atoms with van der Waals surface area (Å²) in [4.78, 5) is 4.39. The molecule has 124 valence electrons. The van der Waals surface area contributed by atoms with Gasteiger partial charge in [-0.2, -0.15) is 0 Å². The minimum Gasteiger partial charge on any atom is -0.319 e. The van der Waals surface area contributed by atoms with E-state index in [9.17, 15) is 0 Å². The zero-order valence-electron chi connectivity index (χ0n) is 14.3. The third kappa shape index (κ3) is 2.02. The van der Waals surface area contributed by atoms with Gasteiger partial charge >= 0.3 is 0 Å². The van der Waals surface area contributed by atoms with Gasteiger partial charge in [-0.05, 0) is 27.8 Å². The van der Waals surface area contributed by atoms with Crippen LogP contribution in [0, 0.1) is 0 Å². The van der Waals surface area contributed by atoms with Crippen LogP contribution in [0.2, 0.25) is 0 Å². The van der Waals surface area contributed by atoms with E-state index in [1.165, 1.54) is 27.8 Å². The van der Waals surface area contributed by atoms with E-state index < -0.39 is 5.54 Å². The summed E-state index contributed by atoms with van der Waals surface area (Å²) in [5.74, 6) is 0. The van der Waals surface area contributed by atoms with Crippen LogP contribution in [0.25, 0.3) is 12.2 Å². The minimum absolute atomic E-state index is 0.464. The number of hydrogen-bond donors (Lipinski definition) is 0. The number of aromatic nitrogens is 2. The van der Waals surface area contributed by atoms with Gasteiger partial charge < -0.3 is 4.57 Å². The second-order valence-corrected chi connectivity index (χ2v) is 6.55. The van der Waals surface area contributed by atoms with Crippen LogP contribution in [-0.4, -0.2) is 9.55 Å². The highest BCUT2D eigenvalue weighted by Gasteiger charge is 2.41. The molecule has 0 unspecified atom stereocenters. The van der Waals surface area contributed by atoms with Crippen LogP contribution >= 0.6 is 0 Å². The normalized spacial score (nSPS) is 14.3. The molecule has 1 aliphatic rings. The lowest BCUT2D eigenvalue weighted by molar-refractivity contribution is 0.514. The first-order valence-corrected chi connectivity index (χ1v) is 8.82. The van der Waals surface area contributed by atoms with Crippen molar-refractivity contribution < 1.29 is 0 Å². The molecule has 0 N–H and O–H groups in total. The highest BCUT2D eigenvalue weighted by molar-refractivity contribution is 5.79. The molecule has 0 aliphatic heterocycles. The predicted molar refractivity (Wildman–Crippen MR) is 106 cm³/mol. The summed E-state index contributed by atoms with van der Waals surface area (Å²) in [5.41, 5.74) is 5.72. The van der Waals surface area contributed by atoms with Gasteiger partial charge in [-0.3, -0.25) is 0 Å². The van der Waals surface area contributed by atoms with Gasteiger partial charge in [0.05, 0.1) is 6.33 Å². The number of imidazole rings is 1. The number of fused-ring (bicyclic) bond motifs is 2. The minimum atomic E-state index is -0.464. The largest absolute Gasteiger partial charge is 0.319 e. The van der Waals surface area contributed by atoms with Gasteiger partial charge in [0.15, 0.2) is 0 Å². The Balaban J connectivity index is 2.00. The van der Waals surface area contributed by atoms with Crippen molar-refractivity contribution in [1.82, 2.24) is 9.55 Å². The Morgan fingerprint density at radius 3 is 1.81 bits per heavy atom. The van der Waals surface area contributed by atoms with Gasteiger partial charge in [-0.25, -0.2) is 4.98 Å². The van der Waals surface area contributed by atoms with Gasteiger partial charge in [0.2, 0.25) is 0 Å². The van der Waals surface area contributed by atoms with E-state index in [4.69, 9.17) is 0 Å². The van der Waals surface area contributed by atoms with Crippen molar-refractivity contribution in [2.75, 3.05) is 0 Å². The molecule has 4 aromatic rings. The van der Waals surface area contributed by atoms with Crippen molar-refractivity contribution in [1.29, 1.82) is 0 Å². The molecule has 2 nitrogen and oxygen atoms in total. The van der Waals surface area contributed by atoms with E-state index in [0.717, 1.165) is 0 Å². The molecule has 5 rings (SSSR count). The summed E-state index contributed by atoms with van der Waals surface area (Å²) in [5, 5.41) is 0. The zero-order chi connectivity index (χ0) is 17.4. The molecule has 1 aromatic heterocycles. The summed E-state index contributed by atoms with van der Waals surface area (Å²) in [6.07, 6.45) is 10.3. The first-order chi connectivity index (χ1) is 12.9. The fraction of sp³-hybridized carbons (Fsp3) is 0.0417. The maximum atomic E-state index is 4.39. The quantitative estimate of drug-likeness (QED) is 0.433. The average molecular weight is 334 g/mol. The lowest BCUT2D eigenvalue weighted by Gasteiger charge is -2.38. The molecule has 26 heavy (non-hydrogen) atoms. The lowest BCUT2D eigenvalue weighted by atomic mass is 9.74. The van der Waals surface area contributed by atoms with E-state index in [1.807, 2.05) is 12.5 Å². The summed E-state index contributed by atoms with van der Waals surface area (Å²) >= 11 is 0. The highest BCUT2D eigenvalue weighted by atomic mass is 15.1. The Kier molecular flexibility index (Phi) is 3.36. The molecule has 0 fully saturated rings. The average Bonchev–Trinajstić information content (AvgIpc) is 3.20. The van der Waals surface area contributed by atoms with Gasteiger partial charge in [0.1, 0.15) is 5.54 Å². The molecule has 3 aromatic carbocycles. The van der Waals surface area contributed by atoms with Crippen molar-refractivity contribution in [3.8, 4) is 0 Å². The fourth-order valence-electron chi connectivity index (χ4n) is 4.14. The standard InChI is InChI=1S/C24H18N2/c1-2-10-21(11-3-1)24(26-17-16-25-18-26)22-12-6-4-8-19(22)14-15-20-9-5-7-13-23(20)24/h1-18H. The lowest BCUT2D eigenvalue weighted by Crippen LogP contribution is -2.37. The van der Waals surface area contributed by atoms with E-state index in [0.29, 0.717) is 0 Å². The molecule has 1 aliphatic carbocycles. The van der Waals surface area contributed by atoms with E-state index in [1.54, 1.807) is 0 Å². The fourth-order valence-corrected chi connectivity index (χ4v) is 4.14. The number of nitrogens with zero attached hydrogens (tertiary/aromatic N) is 2. The van der Waals surface area contributed by atoms with E-state index >= 15 is 0 Å². The van der Waals surface area contributed by atoms with Gasteiger partial charge in [-0.1, -0.05) is 91.0 Å². The van der Waals surface area contributed by atoms with Crippen molar-refractivity contribution >= 4 is 12.2 Å². The Bertz CT molecular complexity index is 1030. The summed E-state index contributed by atoms with van der Waals surface area (Å²) in [6, 6.07) is 28.0. The predicted octanol–water partition coefficient (Wildman–Crippen LogP) is 5.21. The van der Waals surface area contributed by atoms with Crippen LogP contribution in [0.1, 0.15) is 27.8 Å². The molecule has 2 heteroatoms. The summed E-state index contributed by atoms with van der Waals surface area (Å²) in [6.45, 7) is 0. The van der Waals surface area contributed by atoms with Gasteiger partial charge in [0, 0.05) is 12.4 Å². The molecular weight excluding hydrogens is 316 g/mol. The van der Waals surface area contributed by atoms with Crippen LogP contribution in [0.15, 0.2) is 97.6 Å². The van der Waals surface area contributed by atoms with Gasteiger partial charge in [-0.15, -0.1) is 0 Å². The maximum Gasteiger partial charge on any atom is 0.122 e. The molecule has 0 saturated carbocycles. The Morgan fingerprint density at radius 2 is 1.23 bits per heavy atom. The Labute approximate surface area is 153 Å². The molecule has 0 atom stereocenters. The topological polar surface area (TPSA) is 17.8 Å². The molecule has 0 saturated heterocycles. The molecule has 0 amide bonds. The zero-order valence-corrected chi connectivity index (χ0v) is 14.3. The van der Waals surface area contributed by atoms with Crippen molar-refractivity contribution in [3.05, 3.63) is 125 Å². The number of rotatable bonds is 2. The monoisotopic (exact) mass is 334 g/mol. The smallest absolute Gasteiger partial charge is 0.122 e. The van der Waals surface area contributed by atoms with Crippen LogP contribution in [-0.2, 0) is 5.54 Å². The van der Waals surface area contributed by atoms with Gasteiger partial charge in [0.25, 0.3) is 0 Å². The van der Waals surface area contributed by atoms with Crippen LogP contribution in [0.3, 0.4) is 0 Å². The SMILES string of the molecule is C1=Cc2ccccc2C(c2ccccc2)(n2ccnc2)c2ccccc21. The second kappa shape index (κ2) is 5.85. The van der Waals surface area contributed by atoms with E-state index in [2.05, 4.69) is 107 Å². The van der Waals surface area contributed by atoms with E-state index in [-0.39, 0.29) is 0 Å². The molecule has 1 heterocycles. The molecular formula is C24H18N2. The molecule has 0 bridgehead atoms. The van der Waals surface area contributed by atoms with Crippen LogP contribution in [0.5, 0.6) is 0 Å². The summed E-state index contributed by atoms with van der Waals surface area (Å²) < 4.78 is 2.23. The Morgan fingerprint density at radius 1 is 0.654 bits per heavy atom. The summed E-state index contributed by atoms with van der Waals surface area (Å²) in [7, 11) is 0. The first kappa shape index (κ1) is 14.9. The van der Waals surface area contributed by atoms with Crippen molar-refractivity contribution in [2.45, 2.75) is 5.54 Å². The van der Waals surface area contributed by atoms with Crippen molar-refractivity contribution in [2.24, 2.45) is 0 Å². The third-order valence-corrected chi connectivity index (χ3v) is 5.23. The number of hydrogen-bond acceptors (Lipinski definition) is 1. The highest BCUT2D eigenvalue weighted by Crippen LogP contribution is 2.45. The molecule has 0 spiro atoms. The maximum absolute atomic E-state index is 4.39. The molecule has 0 radical (unpaired) electrons. The van der Waals surface area contributed by atoms with Crippen molar-refractivity contribution in [3.63, 3.8) is 0 Å². The van der Waals surface area contributed by atoms with Crippen LogP contribution < -0.4 is 0 Å². The second-order valence-electron chi connectivity index (χ2n) is 6.55. The van der Waals surface area contributed by atoms with Crippen LogP contribution in [0.4, 0.5) is 0 Å². The first-order valence-electron chi connectivity index (χ1n) is 8.82. The third-order valence-electron chi connectivity index (χ3n) is 5.23.